The summed E-state index contributed by atoms with van der Waals surface area (Å²) in [6.45, 7) is 6.27. The number of methoxy groups -OCH3 is 1. The summed E-state index contributed by atoms with van der Waals surface area (Å²) in [4.78, 5) is 0. The van der Waals surface area contributed by atoms with Gasteiger partial charge in [-0.3, -0.25) is 0 Å². The maximum absolute atomic E-state index is 5.15. The van der Waals surface area contributed by atoms with E-state index in [1.54, 1.807) is 7.11 Å². The summed E-state index contributed by atoms with van der Waals surface area (Å²) in [5.41, 5.74) is 1.43. The van der Waals surface area contributed by atoms with E-state index in [0.717, 1.165) is 5.75 Å². The van der Waals surface area contributed by atoms with Crippen molar-refractivity contribution in [1.29, 1.82) is 0 Å². The van der Waals surface area contributed by atoms with Gasteiger partial charge in [0.05, 0.1) is 7.11 Å². The van der Waals surface area contributed by atoms with Gasteiger partial charge in [0.2, 0.25) is 0 Å². The van der Waals surface area contributed by atoms with E-state index in [4.69, 9.17) is 4.74 Å². The first-order valence-electron chi connectivity index (χ1n) is 7.99. The zero-order valence-corrected chi connectivity index (χ0v) is 13.4. The fourth-order valence-electron chi connectivity index (χ4n) is 2.08. The van der Waals surface area contributed by atoms with Crippen LogP contribution in [0.3, 0.4) is 0 Å². The highest BCUT2D eigenvalue weighted by atomic mass is 16.5. The minimum absolute atomic E-state index is 0.952. The largest absolute Gasteiger partial charge is 0.497 e. The van der Waals surface area contributed by atoms with Gasteiger partial charge in [-0.25, -0.2) is 0 Å². The maximum Gasteiger partial charge on any atom is 0.118 e. The van der Waals surface area contributed by atoms with E-state index in [2.05, 4.69) is 31.2 Å². The van der Waals surface area contributed by atoms with E-state index in [1.165, 1.54) is 56.9 Å². The molecule has 0 unspecified atom stereocenters. The zero-order chi connectivity index (χ0) is 14.3. The van der Waals surface area contributed by atoms with Gasteiger partial charge in [-0.05, 0) is 30.5 Å². The Balaban J connectivity index is 0.00000154. The van der Waals surface area contributed by atoms with Crippen molar-refractivity contribution >= 4 is 0 Å². The Kier molecular flexibility index (Phi) is 12.8. The molecule has 0 bridgehead atoms. The van der Waals surface area contributed by atoms with Crippen molar-refractivity contribution in [2.75, 3.05) is 7.11 Å². The molecule has 0 fully saturated rings. The lowest BCUT2D eigenvalue weighted by Crippen LogP contribution is -1.87. The van der Waals surface area contributed by atoms with Gasteiger partial charge in [-0.15, -0.1) is 0 Å². The van der Waals surface area contributed by atoms with E-state index < -0.39 is 0 Å². The molecule has 0 aliphatic carbocycles. The van der Waals surface area contributed by atoms with Gasteiger partial charge in [0, 0.05) is 0 Å². The zero-order valence-electron chi connectivity index (χ0n) is 13.4. The van der Waals surface area contributed by atoms with Gasteiger partial charge < -0.3 is 4.74 Å². The third-order valence-electron chi connectivity index (χ3n) is 3.23. The second-order valence-electron chi connectivity index (χ2n) is 4.72. The number of hydrogen-bond donors (Lipinski definition) is 0. The second-order valence-corrected chi connectivity index (χ2v) is 4.72. The first-order valence-corrected chi connectivity index (χ1v) is 7.99. The predicted octanol–water partition coefficient (Wildman–Crippen LogP) is 6.01. The summed E-state index contributed by atoms with van der Waals surface area (Å²) in [6.07, 6.45) is 10.9. The van der Waals surface area contributed by atoms with Crippen LogP contribution in [0.25, 0.3) is 0 Å². The Bertz CT molecular complexity index is 276. The van der Waals surface area contributed by atoms with Gasteiger partial charge in [-0.2, -0.15) is 0 Å². The molecule has 1 heteroatoms. The third-order valence-corrected chi connectivity index (χ3v) is 3.23. The number of ether oxygens (including phenoxy) is 1. The number of hydrogen-bond acceptors (Lipinski definition) is 1. The molecule has 0 saturated heterocycles. The lowest BCUT2D eigenvalue weighted by atomic mass is 10.0. The average Bonchev–Trinajstić information content (AvgIpc) is 2.49. The Labute approximate surface area is 120 Å². The van der Waals surface area contributed by atoms with Crippen molar-refractivity contribution in [2.45, 2.75) is 72.1 Å². The van der Waals surface area contributed by atoms with Crippen molar-refractivity contribution in [3.8, 4) is 5.75 Å². The van der Waals surface area contributed by atoms with E-state index >= 15 is 0 Å². The first-order chi connectivity index (χ1) is 9.36. The van der Waals surface area contributed by atoms with Crippen LogP contribution >= 0.6 is 0 Å². The SMILES string of the molecule is CC.CCCCCCCCCc1ccc(OC)cc1. The van der Waals surface area contributed by atoms with Crippen molar-refractivity contribution in [2.24, 2.45) is 0 Å². The van der Waals surface area contributed by atoms with Crippen LogP contribution in [0, 0.1) is 0 Å². The van der Waals surface area contributed by atoms with Crippen LogP contribution in [-0.4, -0.2) is 7.11 Å². The van der Waals surface area contributed by atoms with Crippen LogP contribution in [0.15, 0.2) is 24.3 Å². The number of aryl methyl sites for hydroxylation is 1. The highest BCUT2D eigenvalue weighted by Crippen LogP contribution is 2.14. The fourth-order valence-corrected chi connectivity index (χ4v) is 2.08. The highest BCUT2D eigenvalue weighted by Gasteiger charge is 1.95. The molecular formula is C18H32O. The van der Waals surface area contributed by atoms with Gasteiger partial charge in [0.25, 0.3) is 0 Å². The molecule has 0 spiro atoms. The van der Waals surface area contributed by atoms with E-state index in [-0.39, 0.29) is 0 Å². The molecule has 1 nitrogen and oxygen atoms in total. The van der Waals surface area contributed by atoms with Crippen LogP contribution < -0.4 is 4.74 Å². The molecule has 0 aliphatic heterocycles. The second kappa shape index (κ2) is 13.5. The van der Waals surface area contributed by atoms with Gasteiger partial charge in [0.15, 0.2) is 0 Å². The van der Waals surface area contributed by atoms with Crippen molar-refractivity contribution in [1.82, 2.24) is 0 Å². The summed E-state index contributed by atoms with van der Waals surface area (Å²) in [5.74, 6) is 0.952. The topological polar surface area (TPSA) is 9.23 Å². The fraction of sp³-hybridized carbons (Fsp3) is 0.667. The Morgan fingerprint density at radius 1 is 0.789 bits per heavy atom. The molecule has 1 rings (SSSR count). The van der Waals surface area contributed by atoms with E-state index in [0.29, 0.717) is 0 Å². The first kappa shape index (κ1) is 18.0. The molecule has 0 aliphatic rings. The summed E-state index contributed by atoms with van der Waals surface area (Å²) < 4.78 is 5.15. The molecule has 0 saturated carbocycles. The highest BCUT2D eigenvalue weighted by molar-refractivity contribution is 5.27. The molecule has 0 aromatic heterocycles. The minimum Gasteiger partial charge on any atom is -0.497 e. The van der Waals surface area contributed by atoms with E-state index in [1.807, 2.05) is 13.8 Å². The Morgan fingerprint density at radius 2 is 1.32 bits per heavy atom. The van der Waals surface area contributed by atoms with Crippen LogP contribution in [-0.2, 0) is 6.42 Å². The minimum atomic E-state index is 0.952. The Morgan fingerprint density at radius 3 is 1.84 bits per heavy atom. The quantitative estimate of drug-likeness (QED) is 0.496. The van der Waals surface area contributed by atoms with Crippen LogP contribution in [0.4, 0.5) is 0 Å². The lowest BCUT2D eigenvalue weighted by Gasteiger charge is -2.04. The molecule has 0 radical (unpaired) electrons. The molecule has 110 valence electrons. The van der Waals surface area contributed by atoms with Gasteiger partial charge in [-0.1, -0.05) is 71.4 Å². The maximum atomic E-state index is 5.15. The van der Waals surface area contributed by atoms with Crippen molar-refractivity contribution in [3.05, 3.63) is 29.8 Å². The van der Waals surface area contributed by atoms with Crippen LogP contribution in [0.1, 0.15) is 71.3 Å². The van der Waals surface area contributed by atoms with Gasteiger partial charge in [0.1, 0.15) is 5.75 Å². The lowest BCUT2D eigenvalue weighted by molar-refractivity contribution is 0.414. The Hall–Kier alpha value is -0.980. The molecular weight excluding hydrogens is 232 g/mol. The van der Waals surface area contributed by atoms with Crippen molar-refractivity contribution < 1.29 is 4.74 Å². The molecule has 0 atom stereocenters. The van der Waals surface area contributed by atoms with Crippen molar-refractivity contribution in [3.63, 3.8) is 0 Å². The molecule has 0 heterocycles. The standard InChI is InChI=1S/C16H26O.C2H6/c1-3-4-5-6-7-8-9-10-15-11-13-16(17-2)14-12-15;1-2/h11-14H,3-10H2,1-2H3;1-2H3. The summed E-state index contributed by atoms with van der Waals surface area (Å²) in [7, 11) is 1.71. The molecule has 1 aromatic carbocycles. The summed E-state index contributed by atoms with van der Waals surface area (Å²) >= 11 is 0. The molecule has 19 heavy (non-hydrogen) atoms. The number of benzene rings is 1. The van der Waals surface area contributed by atoms with Crippen LogP contribution in [0.5, 0.6) is 5.75 Å². The predicted molar refractivity (Wildman–Crippen MR) is 86.0 cm³/mol. The summed E-state index contributed by atoms with van der Waals surface area (Å²) in [6, 6.07) is 8.46. The number of unbranched alkanes of at least 4 members (excludes halogenated alkanes) is 6. The van der Waals surface area contributed by atoms with Crippen LogP contribution in [0.2, 0.25) is 0 Å². The summed E-state index contributed by atoms with van der Waals surface area (Å²) in [5, 5.41) is 0. The average molecular weight is 264 g/mol. The molecule has 1 aromatic rings. The molecule has 0 N–H and O–H groups in total. The third kappa shape index (κ3) is 9.58. The van der Waals surface area contributed by atoms with E-state index in [9.17, 15) is 0 Å². The normalized spacial score (nSPS) is 9.68. The van der Waals surface area contributed by atoms with Gasteiger partial charge >= 0.3 is 0 Å². The molecule has 0 amide bonds. The number of rotatable bonds is 9. The monoisotopic (exact) mass is 264 g/mol. The smallest absolute Gasteiger partial charge is 0.118 e.